The lowest BCUT2D eigenvalue weighted by Gasteiger charge is -1.89. The predicted octanol–water partition coefficient (Wildman–Crippen LogP) is 2.65. The van der Waals surface area contributed by atoms with Gasteiger partial charge in [-0.3, -0.25) is 4.79 Å². The standard InChI is InChI=1S/C10H14O/c1-4-5-6-7-8-9(2)10(3)11/h4,7-8H,1-2,5-6H2,3H3/b8-7-. The second-order valence-electron chi connectivity index (χ2n) is 2.35. The Morgan fingerprint density at radius 3 is 2.55 bits per heavy atom. The highest BCUT2D eigenvalue weighted by molar-refractivity contribution is 5.95. The molecule has 0 rings (SSSR count). The van der Waals surface area contributed by atoms with E-state index in [1.165, 1.54) is 6.92 Å². The molecule has 0 amide bonds. The zero-order chi connectivity index (χ0) is 8.69. The number of carbonyl (C=O) groups is 1. The van der Waals surface area contributed by atoms with E-state index in [9.17, 15) is 4.79 Å². The van der Waals surface area contributed by atoms with Crippen LogP contribution in [0.15, 0.2) is 37.0 Å². The molecule has 0 unspecified atom stereocenters. The van der Waals surface area contributed by atoms with E-state index >= 15 is 0 Å². The highest BCUT2D eigenvalue weighted by Crippen LogP contribution is 1.97. The Bertz CT molecular complexity index is 187. The van der Waals surface area contributed by atoms with Crippen molar-refractivity contribution in [2.75, 3.05) is 0 Å². The second-order valence-corrected chi connectivity index (χ2v) is 2.35. The first-order chi connectivity index (χ1) is 5.18. The maximum Gasteiger partial charge on any atom is 0.159 e. The van der Waals surface area contributed by atoms with Crippen LogP contribution in [0.2, 0.25) is 0 Å². The van der Waals surface area contributed by atoms with Gasteiger partial charge in [0.15, 0.2) is 5.78 Å². The van der Waals surface area contributed by atoms with Crippen LogP contribution in [0.1, 0.15) is 19.8 Å². The largest absolute Gasteiger partial charge is 0.295 e. The summed E-state index contributed by atoms with van der Waals surface area (Å²) in [4.78, 5) is 10.6. The molecular weight excluding hydrogens is 136 g/mol. The van der Waals surface area contributed by atoms with Crippen LogP contribution in [-0.4, -0.2) is 5.78 Å². The smallest absolute Gasteiger partial charge is 0.159 e. The summed E-state index contributed by atoms with van der Waals surface area (Å²) in [5, 5.41) is 0. The van der Waals surface area contributed by atoms with Crippen LogP contribution < -0.4 is 0 Å². The molecule has 0 bridgehead atoms. The van der Waals surface area contributed by atoms with Crippen LogP contribution in [0, 0.1) is 0 Å². The summed E-state index contributed by atoms with van der Waals surface area (Å²) in [6.07, 6.45) is 7.41. The molecule has 0 spiro atoms. The van der Waals surface area contributed by atoms with Crippen LogP contribution in [0.5, 0.6) is 0 Å². The summed E-state index contributed by atoms with van der Waals surface area (Å²) >= 11 is 0. The first kappa shape index (κ1) is 9.89. The highest BCUT2D eigenvalue weighted by Gasteiger charge is 1.91. The lowest BCUT2D eigenvalue weighted by atomic mass is 10.2. The van der Waals surface area contributed by atoms with E-state index in [-0.39, 0.29) is 5.78 Å². The van der Waals surface area contributed by atoms with Gasteiger partial charge in [-0.05, 0) is 19.8 Å². The van der Waals surface area contributed by atoms with Gasteiger partial charge in [-0.15, -0.1) is 6.58 Å². The Balaban J connectivity index is 3.65. The minimum absolute atomic E-state index is 0.0276. The Morgan fingerprint density at radius 1 is 1.45 bits per heavy atom. The summed E-state index contributed by atoms with van der Waals surface area (Å²) in [5.41, 5.74) is 0.564. The number of allylic oxidation sites excluding steroid dienone is 4. The molecule has 1 nitrogen and oxygen atoms in total. The van der Waals surface area contributed by atoms with E-state index in [1.54, 1.807) is 6.08 Å². The number of hydrogen-bond donors (Lipinski definition) is 0. The maximum atomic E-state index is 10.6. The Hall–Kier alpha value is -1.11. The Kier molecular flexibility index (Phi) is 5.09. The third-order valence-corrected chi connectivity index (χ3v) is 1.31. The molecule has 1 heteroatoms. The van der Waals surface area contributed by atoms with Crippen molar-refractivity contribution < 1.29 is 4.79 Å². The van der Waals surface area contributed by atoms with E-state index in [4.69, 9.17) is 0 Å². The molecule has 0 N–H and O–H groups in total. The van der Waals surface area contributed by atoms with Crippen molar-refractivity contribution in [3.05, 3.63) is 37.0 Å². The van der Waals surface area contributed by atoms with Gasteiger partial charge >= 0.3 is 0 Å². The van der Waals surface area contributed by atoms with Crippen molar-refractivity contribution in [3.63, 3.8) is 0 Å². The molecule has 0 heterocycles. The molecule has 0 aromatic heterocycles. The molecule has 0 saturated carbocycles. The monoisotopic (exact) mass is 150 g/mol. The van der Waals surface area contributed by atoms with Crippen LogP contribution in [-0.2, 0) is 4.79 Å². The minimum atomic E-state index is 0.0276. The van der Waals surface area contributed by atoms with E-state index in [2.05, 4.69) is 13.2 Å². The summed E-state index contributed by atoms with van der Waals surface area (Å²) in [6.45, 7) is 8.69. The molecule has 0 aromatic rings. The first-order valence-electron chi connectivity index (χ1n) is 3.65. The number of carbonyl (C=O) groups excluding carboxylic acids is 1. The molecule has 0 radical (unpaired) electrons. The van der Waals surface area contributed by atoms with Gasteiger partial charge < -0.3 is 0 Å². The summed E-state index contributed by atoms with van der Waals surface area (Å²) in [6, 6.07) is 0. The van der Waals surface area contributed by atoms with Gasteiger partial charge in [0.05, 0.1) is 0 Å². The fourth-order valence-electron chi connectivity index (χ4n) is 0.557. The summed E-state index contributed by atoms with van der Waals surface area (Å²) < 4.78 is 0. The van der Waals surface area contributed by atoms with Crippen LogP contribution in [0.3, 0.4) is 0 Å². The lowest BCUT2D eigenvalue weighted by molar-refractivity contribution is -0.113. The zero-order valence-electron chi connectivity index (χ0n) is 6.97. The Morgan fingerprint density at radius 2 is 2.09 bits per heavy atom. The van der Waals surface area contributed by atoms with Crippen molar-refractivity contribution in [3.8, 4) is 0 Å². The van der Waals surface area contributed by atoms with Crippen LogP contribution in [0.4, 0.5) is 0 Å². The third kappa shape index (κ3) is 5.34. The lowest BCUT2D eigenvalue weighted by Crippen LogP contribution is -1.89. The number of rotatable bonds is 5. The Labute approximate surface area is 68.1 Å². The number of ketones is 1. The third-order valence-electron chi connectivity index (χ3n) is 1.31. The summed E-state index contributed by atoms with van der Waals surface area (Å²) in [7, 11) is 0. The molecule has 0 saturated heterocycles. The molecule has 0 aliphatic heterocycles. The van der Waals surface area contributed by atoms with Gasteiger partial charge in [0.2, 0.25) is 0 Å². The van der Waals surface area contributed by atoms with Gasteiger partial charge in [0, 0.05) is 5.57 Å². The van der Waals surface area contributed by atoms with Crippen molar-refractivity contribution in [2.24, 2.45) is 0 Å². The van der Waals surface area contributed by atoms with E-state index in [1.807, 2.05) is 12.2 Å². The number of unbranched alkanes of at least 4 members (excludes halogenated alkanes) is 1. The maximum absolute atomic E-state index is 10.6. The average molecular weight is 150 g/mol. The van der Waals surface area contributed by atoms with Crippen molar-refractivity contribution in [1.82, 2.24) is 0 Å². The molecular formula is C10H14O. The van der Waals surface area contributed by atoms with Crippen LogP contribution >= 0.6 is 0 Å². The molecule has 0 aliphatic rings. The molecule has 0 fully saturated rings. The van der Waals surface area contributed by atoms with Crippen LogP contribution in [0.25, 0.3) is 0 Å². The van der Waals surface area contributed by atoms with Gasteiger partial charge in [0.25, 0.3) is 0 Å². The fourth-order valence-corrected chi connectivity index (χ4v) is 0.557. The topological polar surface area (TPSA) is 17.1 Å². The van der Waals surface area contributed by atoms with Crippen molar-refractivity contribution in [2.45, 2.75) is 19.8 Å². The first-order valence-corrected chi connectivity index (χ1v) is 3.65. The van der Waals surface area contributed by atoms with E-state index < -0.39 is 0 Å². The molecule has 0 aromatic carbocycles. The molecule has 0 atom stereocenters. The van der Waals surface area contributed by atoms with E-state index in [0.29, 0.717) is 5.57 Å². The number of hydrogen-bond acceptors (Lipinski definition) is 1. The minimum Gasteiger partial charge on any atom is -0.295 e. The predicted molar refractivity (Wildman–Crippen MR) is 48.4 cm³/mol. The molecule has 11 heavy (non-hydrogen) atoms. The van der Waals surface area contributed by atoms with E-state index in [0.717, 1.165) is 12.8 Å². The van der Waals surface area contributed by atoms with Gasteiger partial charge in [-0.1, -0.05) is 24.8 Å². The zero-order valence-corrected chi connectivity index (χ0v) is 6.97. The second kappa shape index (κ2) is 5.66. The highest BCUT2D eigenvalue weighted by atomic mass is 16.1. The van der Waals surface area contributed by atoms with Gasteiger partial charge in [-0.25, -0.2) is 0 Å². The quantitative estimate of drug-likeness (QED) is 0.255. The van der Waals surface area contributed by atoms with Gasteiger partial charge in [0.1, 0.15) is 0 Å². The van der Waals surface area contributed by atoms with Crippen molar-refractivity contribution in [1.29, 1.82) is 0 Å². The molecule has 0 aliphatic carbocycles. The van der Waals surface area contributed by atoms with Gasteiger partial charge in [-0.2, -0.15) is 0 Å². The SMILES string of the molecule is C=CCC/C=C\C(=C)C(C)=O. The average Bonchev–Trinajstić information content (AvgIpc) is 1.97. The van der Waals surface area contributed by atoms with Crippen molar-refractivity contribution >= 4 is 5.78 Å². The molecule has 60 valence electrons. The normalized spacial score (nSPS) is 9.91. The number of Topliss-reactive ketones (excluding diaryl/α,β-unsaturated/α-hetero) is 1. The summed E-state index contributed by atoms with van der Waals surface area (Å²) in [5.74, 6) is 0.0276. The fraction of sp³-hybridized carbons (Fsp3) is 0.300.